The molecule has 0 aliphatic heterocycles. The minimum Gasteiger partial charge on any atom is -0.449 e. The van der Waals surface area contributed by atoms with Crippen LogP contribution in [0.2, 0.25) is 0 Å². The Hall–Kier alpha value is -2.63. The Morgan fingerprint density at radius 2 is 2.05 bits per heavy atom. The molecule has 0 aliphatic rings. The number of esters is 1. The molecule has 1 atom stereocenters. The van der Waals surface area contributed by atoms with E-state index < -0.39 is 12.1 Å². The molecule has 6 heteroatoms. The van der Waals surface area contributed by atoms with Crippen LogP contribution in [0.15, 0.2) is 34.8 Å². The lowest BCUT2D eigenvalue weighted by molar-refractivity contribution is -0.153. The highest BCUT2D eigenvalue weighted by Gasteiger charge is 2.18. The Balaban J connectivity index is 2.00. The molecule has 6 nitrogen and oxygen atoms in total. The summed E-state index contributed by atoms with van der Waals surface area (Å²) in [4.78, 5) is 28.7. The number of nitrogens with zero attached hydrogens (tertiary/aromatic N) is 2. The van der Waals surface area contributed by atoms with Crippen LogP contribution in [0.1, 0.15) is 12.8 Å². The van der Waals surface area contributed by atoms with E-state index in [1.54, 1.807) is 20.2 Å². The summed E-state index contributed by atoms with van der Waals surface area (Å²) < 4.78 is 10.4. The second-order valence-electron chi connectivity index (χ2n) is 4.66. The number of carbonyl (C=O) groups is 2. The van der Waals surface area contributed by atoms with E-state index in [0.717, 1.165) is 0 Å². The molecule has 0 radical (unpaired) electrons. The maximum atomic E-state index is 11.6. The molecule has 0 aliphatic carbocycles. The Bertz CT molecular complexity index is 655. The van der Waals surface area contributed by atoms with Crippen LogP contribution in [0.4, 0.5) is 0 Å². The number of carbonyl (C=O) groups excluding carboxylic acids is 2. The van der Waals surface area contributed by atoms with Crippen molar-refractivity contribution >= 4 is 29.1 Å². The average molecular weight is 288 g/mol. The molecule has 1 aromatic heterocycles. The van der Waals surface area contributed by atoms with Gasteiger partial charge in [-0.1, -0.05) is 12.1 Å². The standard InChI is InChI=1S/C15H16N2O4/c1-10(15(19)17(2)3)20-14(18)9-8-13-16-11-6-4-5-7-12(11)21-13/h4-10H,1-3H3/b9-8+/t10-/m1/s1. The third kappa shape index (κ3) is 3.68. The molecule has 0 bridgehead atoms. The Kier molecular flexibility index (Phi) is 4.37. The number of aromatic nitrogens is 1. The fourth-order valence-corrected chi connectivity index (χ4v) is 1.73. The van der Waals surface area contributed by atoms with Crippen LogP contribution >= 0.6 is 0 Å². The van der Waals surface area contributed by atoms with Gasteiger partial charge < -0.3 is 14.1 Å². The summed E-state index contributed by atoms with van der Waals surface area (Å²) in [5.74, 6) is -0.599. The quantitative estimate of drug-likeness (QED) is 0.634. The molecule has 0 saturated carbocycles. The lowest BCUT2D eigenvalue weighted by Crippen LogP contribution is -2.34. The second-order valence-corrected chi connectivity index (χ2v) is 4.66. The van der Waals surface area contributed by atoms with Crippen LogP contribution in [0.5, 0.6) is 0 Å². The topological polar surface area (TPSA) is 72.6 Å². The van der Waals surface area contributed by atoms with Crippen LogP contribution in [-0.4, -0.2) is 42.0 Å². The smallest absolute Gasteiger partial charge is 0.331 e. The molecule has 0 fully saturated rings. The van der Waals surface area contributed by atoms with Crippen LogP contribution in [-0.2, 0) is 14.3 Å². The van der Waals surface area contributed by atoms with Crippen molar-refractivity contribution < 1.29 is 18.7 Å². The zero-order valence-corrected chi connectivity index (χ0v) is 12.1. The number of oxazole rings is 1. The van der Waals surface area contributed by atoms with Crippen molar-refractivity contribution in [1.29, 1.82) is 0 Å². The van der Waals surface area contributed by atoms with E-state index in [1.165, 1.54) is 24.0 Å². The molecule has 1 heterocycles. The molecule has 0 spiro atoms. The Labute approximate surface area is 122 Å². The summed E-state index contributed by atoms with van der Waals surface area (Å²) in [6.07, 6.45) is 1.76. The van der Waals surface area contributed by atoms with Crippen LogP contribution in [0, 0.1) is 0 Å². The van der Waals surface area contributed by atoms with Crippen molar-refractivity contribution in [3.8, 4) is 0 Å². The molecule has 0 N–H and O–H groups in total. The predicted molar refractivity (Wildman–Crippen MR) is 77.3 cm³/mol. The normalized spacial score (nSPS) is 12.5. The number of likely N-dealkylation sites (N-methyl/N-ethyl adjacent to an activating group) is 1. The molecular formula is C15H16N2O4. The number of amides is 1. The van der Waals surface area contributed by atoms with Gasteiger partial charge in [0.15, 0.2) is 11.7 Å². The number of ether oxygens (including phenoxy) is 1. The van der Waals surface area contributed by atoms with Crippen LogP contribution in [0.25, 0.3) is 17.2 Å². The fourth-order valence-electron chi connectivity index (χ4n) is 1.73. The summed E-state index contributed by atoms with van der Waals surface area (Å²) in [6, 6.07) is 7.28. The van der Waals surface area contributed by atoms with Gasteiger partial charge >= 0.3 is 5.97 Å². The monoisotopic (exact) mass is 288 g/mol. The molecule has 0 saturated heterocycles. The van der Waals surface area contributed by atoms with Crippen molar-refractivity contribution in [2.75, 3.05) is 14.1 Å². The van der Waals surface area contributed by atoms with Gasteiger partial charge in [0.25, 0.3) is 5.91 Å². The zero-order chi connectivity index (χ0) is 15.4. The van der Waals surface area contributed by atoms with Crippen LogP contribution in [0.3, 0.4) is 0 Å². The number of para-hydroxylation sites is 2. The van der Waals surface area contributed by atoms with E-state index >= 15 is 0 Å². The van der Waals surface area contributed by atoms with Gasteiger partial charge in [-0.15, -0.1) is 0 Å². The summed E-state index contributed by atoms with van der Waals surface area (Å²) in [5.41, 5.74) is 1.35. The maximum Gasteiger partial charge on any atom is 0.331 e. The number of hydrogen-bond donors (Lipinski definition) is 0. The van der Waals surface area contributed by atoms with Crippen molar-refractivity contribution in [3.05, 3.63) is 36.2 Å². The molecule has 1 amide bonds. The van der Waals surface area contributed by atoms with Gasteiger partial charge in [-0.25, -0.2) is 9.78 Å². The molecule has 2 aromatic rings. The van der Waals surface area contributed by atoms with Gasteiger partial charge in [-0.05, 0) is 19.1 Å². The largest absolute Gasteiger partial charge is 0.449 e. The lowest BCUT2D eigenvalue weighted by atomic mass is 10.3. The highest BCUT2D eigenvalue weighted by atomic mass is 16.5. The average Bonchev–Trinajstić information content (AvgIpc) is 2.86. The third-order valence-corrected chi connectivity index (χ3v) is 2.75. The number of fused-ring (bicyclic) bond motifs is 1. The molecule has 110 valence electrons. The van der Waals surface area contributed by atoms with E-state index in [1.807, 2.05) is 18.2 Å². The first-order chi connectivity index (χ1) is 9.97. The minimum atomic E-state index is -0.833. The summed E-state index contributed by atoms with van der Waals surface area (Å²) in [7, 11) is 3.20. The molecule has 21 heavy (non-hydrogen) atoms. The minimum absolute atomic E-state index is 0.279. The first-order valence-electron chi connectivity index (χ1n) is 6.43. The molecular weight excluding hydrogens is 272 g/mol. The van der Waals surface area contributed by atoms with Crippen molar-refractivity contribution in [3.63, 3.8) is 0 Å². The Morgan fingerprint density at radius 3 is 2.71 bits per heavy atom. The van der Waals surface area contributed by atoms with Gasteiger partial charge in [0.1, 0.15) is 5.52 Å². The number of hydrogen-bond acceptors (Lipinski definition) is 5. The summed E-state index contributed by atoms with van der Waals surface area (Å²) >= 11 is 0. The van der Waals surface area contributed by atoms with Crippen molar-refractivity contribution in [2.45, 2.75) is 13.0 Å². The van der Waals surface area contributed by atoms with Gasteiger partial charge in [-0.3, -0.25) is 4.79 Å². The van der Waals surface area contributed by atoms with E-state index in [4.69, 9.17) is 9.15 Å². The van der Waals surface area contributed by atoms with E-state index in [9.17, 15) is 9.59 Å². The van der Waals surface area contributed by atoms with Crippen molar-refractivity contribution in [2.24, 2.45) is 0 Å². The predicted octanol–water partition coefficient (Wildman–Crippen LogP) is 1.86. The van der Waals surface area contributed by atoms with E-state index in [-0.39, 0.29) is 5.91 Å². The molecule has 0 unspecified atom stereocenters. The third-order valence-electron chi connectivity index (χ3n) is 2.75. The fraction of sp³-hybridized carbons (Fsp3) is 0.267. The SMILES string of the molecule is C[C@@H](OC(=O)/C=C/c1nc2ccccc2o1)C(=O)N(C)C. The van der Waals surface area contributed by atoms with E-state index in [0.29, 0.717) is 17.0 Å². The van der Waals surface area contributed by atoms with Crippen molar-refractivity contribution in [1.82, 2.24) is 9.88 Å². The molecule has 2 rings (SSSR count). The summed E-state index contributed by atoms with van der Waals surface area (Å²) in [5, 5.41) is 0. The number of benzene rings is 1. The number of rotatable bonds is 4. The Morgan fingerprint density at radius 1 is 1.33 bits per heavy atom. The van der Waals surface area contributed by atoms with E-state index in [2.05, 4.69) is 4.98 Å². The van der Waals surface area contributed by atoms with Gasteiger partial charge in [-0.2, -0.15) is 0 Å². The lowest BCUT2D eigenvalue weighted by Gasteiger charge is -2.16. The first-order valence-corrected chi connectivity index (χ1v) is 6.43. The summed E-state index contributed by atoms with van der Waals surface area (Å²) in [6.45, 7) is 1.52. The zero-order valence-electron chi connectivity index (χ0n) is 12.1. The molecule has 1 aromatic carbocycles. The highest BCUT2D eigenvalue weighted by Crippen LogP contribution is 2.15. The van der Waals surface area contributed by atoms with Gasteiger partial charge in [0.2, 0.25) is 5.89 Å². The van der Waals surface area contributed by atoms with Gasteiger partial charge in [0, 0.05) is 26.2 Å². The van der Waals surface area contributed by atoms with Crippen LogP contribution < -0.4 is 0 Å². The second kappa shape index (κ2) is 6.21. The highest BCUT2D eigenvalue weighted by molar-refractivity contribution is 5.90. The maximum absolute atomic E-state index is 11.6. The first kappa shape index (κ1) is 14.8. The van der Waals surface area contributed by atoms with Gasteiger partial charge in [0.05, 0.1) is 0 Å².